The maximum absolute atomic E-state index is 11.6. The summed E-state index contributed by atoms with van der Waals surface area (Å²) < 4.78 is 25.9. The molecule has 0 saturated carbocycles. The first-order valence-corrected chi connectivity index (χ1v) is 8.09. The van der Waals surface area contributed by atoms with E-state index in [-0.39, 0.29) is 11.7 Å². The molecule has 0 amide bonds. The minimum absolute atomic E-state index is 0.120. The molecule has 1 aromatic rings. The summed E-state index contributed by atoms with van der Waals surface area (Å²) in [5.41, 5.74) is 0. The van der Waals surface area contributed by atoms with Crippen molar-refractivity contribution in [1.29, 1.82) is 0 Å². The Labute approximate surface area is 107 Å². The zero-order chi connectivity index (χ0) is 12.7. The number of aromatic nitrogens is 1. The molecule has 1 unspecified atom stereocenters. The average molecular weight is 277 g/mol. The lowest BCUT2D eigenvalue weighted by Crippen LogP contribution is -2.30. The fourth-order valence-electron chi connectivity index (χ4n) is 1.33. The lowest BCUT2D eigenvalue weighted by molar-refractivity contribution is 0.570. The summed E-state index contributed by atoms with van der Waals surface area (Å²) in [5.74, 6) is 0.285. The van der Waals surface area contributed by atoms with Crippen LogP contribution < -0.4 is 10.0 Å². The van der Waals surface area contributed by atoms with Gasteiger partial charge in [-0.2, -0.15) is 0 Å². The highest BCUT2D eigenvalue weighted by atomic mass is 32.2. The van der Waals surface area contributed by atoms with Crippen LogP contribution in [0.2, 0.25) is 0 Å². The fraction of sp³-hybridized carbons (Fsp3) is 0.700. The van der Waals surface area contributed by atoms with Crippen LogP contribution in [0, 0.1) is 0 Å². The Morgan fingerprint density at radius 1 is 1.53 bits per heavy atom. The molecule has 5 nitrogen and oxygen atoms in total. The second-order valence-corrected chi connectivity index (χ2v) is 6.75. The zero-order valence-corrected chi connectivity index (χ0v) is 11.8. The van der Waals surface area contributed by atoms with Crippen molar-refractivity contribution in [2.45, 2.75) is 19.3 Å². The third-order valence-corrected chi connectivity index (χ3v) is 4.76. The molecule has 0 aliphatic carbocycles. The van der Waals surface area contributed by atoms with Gasteiger partial charge >= 0.3 is 0 Å². The third-order valence-electron chi connectivity index (χ3n) is 2.32. The van der Waals surface area contributed by atoms with E-state index in [2.05, 4.69) is 15.0 Å². The van der Waals surface area contributed by atoms with Gasteiger partial charge in [0.25, 0.3) is 0 Å². The van der Waals surface area contributed by atoms with Crippen molar-refractivity contribution >= 4 is 21.4 Å². The Morgan fingerprint density at radius 2 is 2.29 bits per heavy atom. The molecule has 7 heteroatoms. The molecule has 98 valence electrons. The van der Waals surface area contributed by atoms with E-state index >= 15 is 0 Å². The van der Waals surface area contributed by atoms with Gasteiger partial charge in [-0.1, -0.05) is 6.92 Å². The van der Waals surface area contributed by atoms with Crippen LogP contribution in [0.1, 0.15) is 24.3 Å². The number of rotatable bonds is 8. The summed E-state index contributed by atoms with van der Waals surface area (Å²) in [6, 6.07) is 0. The van der Waals surface area contributed by atoms with E-state index in [0.717, 1.165) is 5.01 Å². The fourth-order valence-corrected chi connectivity index (χ4v) is 3.20. The number of hydrogen-bond donors (Lipinski definition) is 2. The topological polar surface area (TPSA) is 71.1 Å². The van der Waals surface area contributed by atoms with Crippen LogP contribution in [-0.2, 0) is 10.0 Å². The predicted molar refractivity (Wildman–Crippen MR) is 70.9 cm³/mol. The van der Waals surface area contributed by atoms with Crippen molar-refractivity contribution in [2.24, 2.45) is 0 Å². The first kappa shape index (κ1) is 14.6. The van der Waals surface area contributed by atoms with Crippen molar-refractivity contribution < 1.29 is 8.42 Å². The molecular weight excluding hydrogens is 258 g/mol. The lowest BCUT2D eigenvalue weighted by Gasteiger charge is -2.10. The largest absolute Gasteiger partial charge is 0.320 e. The van der Waals surface area contributed by atoms with Crippen LogP contribution in [0.3, 0.4) is 0 Å². The van der Waals surface area contributed by atoms with Gasteiger partial charge in [0.05, 0.1) is 10.8 Å². The van der Waals surface area contributed by atoms with E-state index in [9.17, 15) is 8.42 Å². The number of hydrogen-bond acceptors (Lipinski definition) is 5. The van der Waals surface area contributed by atoms with Gasteiger partial charge in [0, 0.05) is 24.0 Å². The Kier molecular flexibility index (Phi) is 6.04. The predicted octanol–water partition coefficient (Wildman–Crippen LogP) is 0.776. The second-order valence-electron chi connectivity index (χ2n) is 3.90. The molecule has 17 heavy (non-hydrogen) atoms. The highest BCUT2D eigenvalue weighted by Crippen LogP contribution is 2.16. The summed E-state index contributed by atoms with van der Waals surface area (Å²) >= 11 is 1.55. The first-order chi connectivity index (χ1) is 8.05. The minimum atomic E-state index is -3.15. The quantitative estimate of drug-likeness (QED) is 0.689. The van der Waals surface area contributed by atoms with Crippen LogP contribution in [-0.4, -0.2) is 39.3 Å². The molecule has 0 spiro atoms. The third kappa shape index (κ3) is 5.58. The van der Waals surface area contributed by atoms with Crippen LogP contribution in [0.4, 0.5) is 0 Å². The average Bonchev–Trinajstić information content (AvgIpc) is 2.80. The molecule has 0 fully saturated rings. The summed E-state index contributed by atoms with van der Waals surface area (Å²) in [6.45, 7) is 3.09. The van der Waals surface area contributed by atoms with Gasteiger partial charge in [-0.3, -0.25) is 0 Å². The number of nitrogens with one attached hydrogen (secondary N) is 2. The van der Waals surface area contributed by atoms with E-state index < -0.39 is 10.0 Å². The van der Waals surface area contributed by atoms with Crippen molar-refractivity contribution in [3.8, 4) is 0 Å². The van der Waals surface area contributed by atoms with Crippen LogP contribution in [0.25, 0.3) is 0 Å². The van der Waals surface area contributed by atoms with Crippen molar-refractivity contribution in [1.82, 2.24) is 15.0 Å². The van der Waals surface area contributed by atoms with Gasteiger partial charge in [0.15, 0.2) is 0 Å². The maximum atomic E-state index is 11.6. The van der Waals surface area contributed by atoms with E-state index in [1.807, 2.05) is 19.4 Å². The first-order valence-electron chi connectivity index (χ1n) is 5.56. The van der Waals surface area contributed by atoms with Crippen molar-refractivity contribution in [2.75, 3.05) is 25.9 Å². The van der Waals surface area contributed by atoms with E-state index in [4.69, 9.17) is 0 Å². The Morgan fingerprint density at radius 3 is 2.88 bits per heavy atom. The maximum Gasteiger partial charge on any atom is 0.211 e. The standard InChI is InChI=1S/C10H19N3O2S2/c1-9(10-12-5-6-16-10)8-13-17(14,15)7-3-4-11-2/h5-6,9,11,13H,3-4,7-8H2,1-2H3. The highest BCUT2D eigenvalue weighted by molar-refractivity contribution is 7.89. The number of nitrogens with zero attached hydrogens (tertiary/aromatic N) is 1. The molecule has 1 rings (SSSR count). The Bertz CT molecular complexity index is 403. The molecule has 1 atom stereocenters. The molecule has 0 aliphatic heterocycles. The van der Waals surface area contributed by atoms with E-state index in [1.54, 1.807) is 17.5 Å². The van der Waals surface area contributed by atoms with Gasteiger partial charge < -0.3 is 5.32 Å². The van der Waals surface area contributed by atoms with Crippen LogP contribution >= 0.6 is 11.3 Å². The SMILES string of the molecule is CNCCCS(=O)(=O)NCC(C)c1nccs1. The summed E-state index contributed by atoms with van der Waals surface area (Å²) in [4.78, 5) is 4.17. The van der Waals surface area contributed by atoms with Crippen molar-refractivity contribution in [3.05, 3.63) is 16.6 Å². The molecule has 1 heterocycles. The normalized spacial score (nSPS) is 13.8. The molecule has 0 bridgehead atoms. The molecule has 0 aromatic carbocycles. The molecular formula is C10H19N3O2S2. The molecule has 0 radical (unpaired) electrons. The smallest absolute Gasteiger partial charge is 0.211 e. The Balaban J connectivity index is 2.34. The number of thiazole rings is 1. The summed E-state index contributed by atoms with van der Waals surface area (Å²) in [5, 5.41) is 5.78. The zero-order valence-electron chi connectivity index (χ0n) is 10.1. The van der Waals surface area contributed by atoms with Crippen LogP contribution in [0.5, 0.6) is 0 Å². The van der Waals surface area contributed by atoms with Gasteiger partial charge in [0.1, 0.15) is 0 Å². The van der Waals surface area contributed by atoms with Gasteiger partial charge in [0.2, 0.25) is 10.0 Å². The van der Waals surface area contributed by atoms with Gasteiger partial charge in [-0.25, -0.2) is 18.1 Å². The minimum Gasteiger partial charge on any atom is -0.320 e. The highest BCUT2D eigenvalue weighted by Gasteiger charge is 2.13. The molecule has 2 N–H and O–H groups in total. The molecule has 0 aliphatic rings. The molecule has 0 saturated heterocycles. The van der Waals surface area contributed by atoms with Crippen molar-refractivity contribution in [3.63, 3.8) is 0 Å². The van der Waals surface area contributed by atoms with E-state index in [0.29, 0.717) is 19.5 Å². The monoisotopic (exact) mass is 277 g/mol. The number of sulfonamides is 1. The van der Waals surface area contributed by atoms with E-state index in [1.165, 1.54) is 0 Å². The summed E-state index contributed by atoms with van der Waals surface area (Å²) in [7, 11) is -1.34. The van der Waals surface area contributed by atoms with Crippen LogP contribution in [0.15, 0.2) is 11.6 Å². The molecule has 1 aromatic heterocycles. The lowest BCUT2D eigenvalue weighted by atomic mass is 10.2. The Hall–Kier alpha value is -0.500. The van der Waals surface area contributed by atoms with Gasteiger partial charge in [-0.15, -0.1) is 11.3 Å². The van der Waals surface area contributed by atoms with Gasteiger partial charge in [-0.05, 0) is 20.0 Å². The summed E-state index contributed by atoms with van der Waals surface area (Å²) in [6.07, 6.45) is 2.36. The second kappa shape index (κ2) is 7.05.